The van der Waals surface area contributed by atoms with Gasteiger partial charge < -0.3 is 10.2 Å². The normalized spacial score (nSPS) is 17.8. The van der Waals surface area contributed by atoms with Crippen LogP contribution in [0.3, 0.4) is 0 Å². The molecule has 2 heterocycles. The van der Waals surface area contributed by atoms with Gasteiger partial charge in [0.05, 0.1) is 29.3 Å². The van der Waals surface area contributed by atoms with E-state index in [0.29, 0.717) is 6.04 Å². The lowest BCUT2D eigenvalue weighted by molar-refractivity contribution is 0.576. The van der Waals surface area contributed by atoms with E-state index in [4.69, 9.17) is 0 Å². The van der Waals surface area contributed by atoms with E-state index in [2.05, 4.69) is 71.1 Å². The molecule has 0 amide bonds. The largest absolute Gasteiger partial charge is 0.381 e. The van der Waals surface area contributed by atoms with E-state index in [-0.39, 0.29) is 0 Å². The molecule has 4 heteroatoms. The third kappa shape index (κ3) is 2.26. The van der Waals surface area contributed by atoms with Gasteiger partial charge in [-0.15, -0.1) is 0 Å². The Labute approximate surface area is 120 Å². The van der Waals surface area contributed by atoms with Gasteiger partial charge in [0.25, 0.3) is 0 Å². The van der Waals surface area contributed by atoms with Crippen LogP contribution in [0.25, 0.3) is 0 Å². The topological polar surface area (TPSA) is 33.1 Å². The van der Waals surface area contributed by atoms with Gasteiger partial charge in [0.15, 0.2) is 0 Å². The second-order valence-electron chi connectivity index (χ2n) is 5.47. The Morgan fingerprint density at radius 3 is 2.95 bits per heavy atom. The van der Waals surface area contributed by atoms with E-state index in [1.165, 1.54) is 17.1 Å². The standard InChI is InChI=1S/C16H22N4/c1-4-20-14(9-12(2)18-20)11-19-13(3)10-17-15-7-5-6-8-16(15)19/h5-9,13,17H,4,10-11H2,1-3H3. The number of hydrogen-bond donors (Lipinski definition) is 1. The van der Waals surface area contributed by atoms with E-state index in [0.717, 1.165) is 25.3 Å². The number of nitrogens with zero attached hydrogens (tertiary/aromatic N) is 3. The van der Waals surface area contributed by atoms with Crippen LogP contribution in [0.1, 0.15) is 25.2 Å². The van der Waals surface area contributed by atoms with Gasteiger partial charge in [0, 0.05) is 19.1 Å². The Kier molecular flexibility index (Phi) is 3.38. The molecule has 0 radical (unpaired) electrons. The van der Waals surface area contributed by atoms with Gasteiger partial charge in [-0.1, -0.05) is 12.1 Å². The Hall–Kier alpha value is -1.97. The van der Waals surface area contributed by atoms with Crippen molar-refractivity contribution in [2.45, 2.75) is 39.9 Å². The van der Waals surface area contributed by atoms with Crippen molar-refractivity contribution in [2.75, 3.05) is 16.8 Å². The molecule has 3 rings (SSSR count). The summed E-state index contributed by atoms with van der Waals surface area (Å²) in [5, 5.41) is 8.05. The number of fused-ring (bicyclic) bond motifs is 1. The van der Waals surface area contributed by atoms with Crippen LogP contribution in [0.15, 0.2) is 30.3 Å². The molecule has 4 nitrogen and oxygen atoms in total. The molecule has 106 valence electrons. The number of aryl methyl sites for hydroxylation is 2. The lowest BCUT2D eigenvalue weighted by Gasteiger charge is -2.37. The predicted octanol–water partition coefficient (Wildman–Crippen LogP) is 3.03. The molecule has 20 heavy (non-hydrogen) atoms. The average Bonchev–Trinajstić information content (AvgIpc) is 2.82. The van der Waals surface area contributed by atoms with Crippen LogP contribution in [-0.4, -0.2) is 22.4 Å². The Bertz CT molecular complexity index is 602. The molecule has 2 aromatic rings. The molecule has 0 fully saturated rings. The zero-order chi connectivity index (χ0) is 14.1. The molecule has 1 aliphatic rings. The molecular weight excluding hydrogens is 248 g/mol. The van der Waals surface area contributed by atoms with Crippen LogP contribution in [0.5, 0.6) is 0 Å². The summed E-state index contributed by atoms with van der Waals surface area (Å²) in [6.45, 7) is 9.29. The van der Waals surface area contributed by atoms with E-state index >= 15 is 0 Å². The highest BCUT2D eigenvalue weighted by Gasteiger charge is 2.23. The van der Waals surface area contributed by atoms with Crippen molar-refractivity contribution in [3.8, 4) is 0 Å². The van der Waals surface area contributed by atoms with Gasteiger partial charge >= 0.3 is 0 Å². The average molecular weight is 270 g/mol. The van der Waals surface area contributed by atoms with Gasteiger partial charge in [0.2, 0.25) is 0 Å². The van der Waals surface area contributed by atoms with Crippen molar-refractivity contribution in [3.05, 3.63) is 41.7 Å². The molecule has 1 aromatic carbocycles. The molecule has 0 aliphatic carbocycles. The molecule has 1 N–H and O–H groups in total. The van der Waals surface area contributed by atoms with Gasteiger partial charge in [0.1, 0.15) is 0 Å². The summed E-state index contributed by atoms with van der Waals surface area (Å²) in [6.07, 6.45) is 0. The van der Waals surface area contributed by atoms with E-state index in [1.54, 1.807) is 0 Å². The molecule has 1 aromatic heterocycles. The number of benzene rings is 1. The number of nitrogens with one attached hydrogen (secondary N) is 1. The highest BCUT2D eigenvalue weighted by Crippen LogP contribution is 2.32. The van der Waals surface area contributed by atoms with Crippen LogP contribution in [0.2, 0.25) is 0 Å². The summed E-state index contributed by atoms with van der Waals surface area (Å²) in [7, 11) is 0. The molecule has 1 atom stereocenters. The summed E-state index contributed by atoms with van der Waals surface area (Å²) in [5.74, 6) is 0. The van der Waals surface area contributed by atoms with Gasteiger partial charge in [-0.25, -0.2) is 0 Å². The molecular formula is C16H22N4. The number of anilines is 2. The van der Waals surface area contributed by atoms with Crippen LogP contribution in [0.4, 0.5) is 11.4 Å². The van der Waals surface area contributed by atoms with Gasteiger partial charge in [-0.05, 0) is 39.0 Å². The maximum Gasteiger partial charge on any atom is 0.0608 e. The molecule has 0 spiro atoms. The predicted molar refractivity (Wildman–Crippen MR) is 83.2 cm³/mol. The quantitative estimate of drug-likeness (QED) is 0.930. The van der Waals surface area contributed by atoms with Gasteiger partial charge in [-0.3, -0.25) is 4.68 Å². The minimum absolute atomic E-state index is 0.477. The Balaban J connectivity index is 1.93. The third-order valence-corrected chi connectivity index (χ3v) is 3.95. The first-order valence-electron chi connectivity index (χ1n) is 7.32. The highest BCUT2D eigenvalue weighted by molar-refractivity contribution is 5.72. The highest BCUT2D eigenvalue weighted by atomic mass is 15.3. The fourth-order valence-electron chi connectivity index (χ4n) is 2.89. The monoisotopic (exact) mass is 270 g/mol. The molecule has 1 aliphatic heterocycles. The van der Waals surface area contributed by atoms with E-state index in [1.807, 2.05) is 0 Å². The van der Waals surface area contributed by atoms with Crippen molar-refractivity contribution in [2.24, 2.45) is 0 Å². The molecule has 0 bridgehead atoms. The van der Waals surface area contributed by atoms with Crippen LogP contribution in [0, 0.1) is 6.92 Å². The third-order valence-electron chi connectivity index (χ3n) is 3.95. The molecule has 1 unspecified atom stereocenters. The number of para-hydroxylation sites is 2. The number of rotatable bonds is 3. The first-order chi connectivity index (χ1) is 9.69. The summed E-state index contributed by atoms with van der Waals surface area (Å²) < 4.78 is 2.10. The minimum atomic E-state index is 0.477. The summed E-state index contributed by atoms with van der Waals surface area (Å²) in [4.78, 5) is 2.47. The lowest BCUT2D eigenvalue weighted by Crippen LogP contribution is -2.42. The van der Waals surface area contributed by atoms with Gasteiger partial charge in [-0.2, -0.15) is 5.10 Å². The fraction of sp³-hybridized carbons (Fsp3) is 0.438. The van der Waals surface area contributed by atoms with Crippen LogP contribution < -0.4 is 10.2 Å². The zero-order valence-electron chi connectivity index (χ0n) is 12.4. The van der Waals surface area contributed by atoms with Crippen molar-refractivity contribution in [1.82, 2.24) is 9.78 Å². The van der Waals surface area contributed by atoms with Crippen molar-refractivity contribution in [1.29, 1.82) is 0 Å². The maximum atomic E-state index is 4.55. The zero-order valence-corrected chi connectivity index (χ0v) is 12.4. The molecule has 0 saturated carbocycles. The summed E-state index contributed by atoms with van der Waals surface area (Å²) in [5.41, 5.74) is 4.89. The Morgan fingerprint density at radius 1 is 1.35 bits per heavy atom. The fourth-order valence-corrected chi connectivity index (χ4v) is 2.89. The number of aromatic nitrogens is 2. The second kappa shape index (κ2) is 5.19. The van der Waals surface area contributed by atoms with Crippen LogP contribution in [-0.2, 0) is 13.1 Å². The minimum Gasteiger partial charge on any atom is -0.381 e. The van der Waals surface area contributed by atoms with Crippen molar-refractivity contribution in [3.63, 3.8) is 0 Å². The van der Waals surface area contributed by atoms with E-state index < -0.39 is 0 Å². The smallest absolute Gasteiger partial charge is 0.0608 e. The van der Waals surface area contributed by atoms with Crippen molar-refractivity contribution >= 4 is 11.4 Å². The molecule has 0 saturated heterocycles. The first kappa shape index (κ1) is 13.0. The lowest BCUT2D eigenvalue weighted by atomic mass is 10.1. The Morgan fingerprint density at radius 2 is 2.15 bits per heavy atom. The van der Waals surface area contributed by atoms with Crippen LogP contribution >= 0.6 is 0 Å². The van der Waals surface area contributed by atoms with E-state index in [9.17, 15) is 0 Å². The van der Waals surface area contributed by atoms with Crippen molar-refractivity contribution < 1.29 is 0 Å². The summed E-state index contributed by atoms with van der Waals surface area (Å²) in [6, 6.07) is 11.2. The number of hydrogen-bond acceptors (Lipinski definition) is 3. The first-order valence-corrected chi connectivity index (χ1v) is 7.32. The summed E-state index contributed by atoms with van der Waals surface area (Å²) >= 11 is 0. The second-order valence-corrected chi connectivity index (χ2v) is 5.47. The maximum absolute atomic E-state index is 4.55. The SMILES string of the molecule is CCn1nc(C)cc1CN1c2ccccc2NCC1C.